The van der Waals surface area contributed by atoms with Crippen LogP contribution in [0.4, 0.5) is 0 Å². The van der Waals surface area contributed by atoms with E-state index in [0.717, 1.165) is 44.2 Å². The number of rotatable bonds is 1. The van der Waals surface area contributed by atoms with Crippen LogP contribution in [0.25, 0.3) is 44.2 Å². The van der Waals surface area contributed by atoms with Gasteiger partial charge in [0, 0.05) is 47.7 Å². The second kappa shape index (κ2) is 4.36. The van der Waals surface area contributed by atoms with Crippen molar-refractivity contribution >= 4 is 33.0 Å². The molecule has 0 bridgehead atoms. The number of H-pyrrole nitrogens is 1. The maximum atomic E-state index is 4.49. The Morgan fingerprint density at radius 1 is 0.957 bits per heavy atom. The van der Waals surface area contributed by atoms with Gasteiger partial charge in [0.05, 0.1) is 22.7 Å². The van der Waals surface area contributed by atoms with Gasteiger partial charge in [-0.2, -0.15) is 5.10 Å². The van der Waals surface area contributed by atoms with Crippen molar-refractivity contribution in [3.63, 3.8) is 0 Å². The number of benzene rings is 1. The molecule has 1 aromatic carbocycles. The van der Waals surface area contributed by atoms with Crippen LogP contribution in [-0.4, -0.2) is 29.7 Å². The topological polar surface area (TPSA) is 72.3 Å². The van der Waals surface area contributed by atoms with E-state index in [9.17, 15) is 0 Å². The molecule has 110 valence electrons. The van der Waals surface area contributed by atoms with Crippen LogP contribution in [0.15, 0.2) is 49.1 Å². The summed E-state index contributed by atoms with van der Waals surface area (Å²) in [7, 11) is 1.94. The fourth-order valence-corrected chi connectivity index (χ4v) is 3.03. The van der Waals surface area contributed by atoms with Gasteiger partial charge in [0.15, 0.2) is 0 Å². The van der Waals surface area contributed by atoms with Gasteiger partial charge in [-0.05, 0) is 18.2 Å². The van der Waals surface area contributed by atoms with Crippen LogP contribution >= 0.6 is 0 Å². The zero-order valence-corrected chi connectivity index (χ0v) is 12.4. The summed E-state index contributed by atoms with van der Waals surface area (Å²) >= 11 is 0. The highest BCUT2D eigenvalue weighted by Gasteiger charge is 2.11. The van der Waals surface area contributed by atoms with Crippen LogP contribution in [0.2, 0.25) is 0 Å². The minimum absolute atomic E-state index is 0.857. The van der Waals surface area contributed by atoms with E-state index in [0.29, 0.717) is 0 Å². The Hall–Kier alpha value is -3.28. The third-order valence-electron chi connectivity index (χ3n) is 4.13. The van der Waals surface area contributed by atoms with E-state index >= 15 is 0 Å². The zero-order valence-electron chi connectivity index (χ0n) is 12.4. The van der Waals surface area contributed by atoms with Crippen LogP contribution in [0.5, 0.6) is 0 Å². The minimum atomic E-state index is 0.857. The highest BCUT2D eigenvalue weighted by atomic mass is 15.2. The van der Waals surface area contributed by atoms with Crippen LogP contribution in [-0.2, 0) is 7.05 Å². The molecule has 6 nitrogen and oxygen atoms in total. The lowest BCUT2D eigenvalue weighted by molar-refractivity contribution is 0.799. The summed E-state index contributed by atoms with van der Waals surface area (Å²) < 4.78 is 1.88. The van der Waals surface area contributed by atoms with Gasteiger partial charge in [-0.15, -0.1) is 0 Å². The number of aromatic amines is 1. The Bertz CT molecular complexity index is 1180. The molecule has 0 aliphatic carbocycles. The fourth-order valence-electron chi connectivity index (χ4n) is 3.03. The van der Waals surface area contributed by atoms with E-state index in [2.05, 4.69) is 31.1 Å². The van der Waals surface area contributed by atoms with E-state index in [1.165, 1.54) is 0 Å². The van der Waals surface area contributed by atoms with E-state index in [1.807, 2.05) is 42.3 Å². The largest absolute Gasteiger partial charge is 0.339 e. The molecular formula is C17H12N6. The van der Waals surface area contributed by atoms with E-state index in [-0.39, 0.29) is 0 Å². The highest BCUT2D eigenvalue weighted by Crippen LogP contribution is 2.29. The molecule has 6 heteroatoms. The SMILES string of the molecule is Cn1ncc2cnc3[nH]c(-c4ccc5nccnc5c4)cc3c21. The fraction of sp³-hybridized carbons (Fsp3) is 0.0588. The average molecular weight is 300 g/mol. The Balaban J connectivity index is 1.78. The highest BCUT2D eigenvalue weighted by molar-refractivity contribution is 6.04. The van der Waals surface area contributed by atoms with Crippen molar-refractivity contribution in [3.05, 3.63) is 49.1 Å². The molecule has 0 radical (unpaired) electrons. The summed E-state index contributed by atoms with van der Waals surface area (Å²) in [4.78, 5) is 16.6. The Morgan fingerprint density at radius 2 is 1.83 bits per heavy atom. The molecule has 23 heavy (non-hydrogen) atoms. The van der Waals surface area contributed by atoms with Crippen molar-refractivity contribution in [3.8, 4) is 11.3 Å². The van der Waals surface area contributed by atoms with Crippen molar-refractivity contribution in [2.75, 3.05) is 0 Å². The lowest BCUT2D eigenvalue weighted by Gasteiger charge is -2.00. The lowest BCUT2D eigenvalue weighted by Crippen LogP contribution is -1.89. The van der Waals surface area contributed by atoms with Crippen molar-refractivity contribution in [1.29, 1.82) is 0 Å². The Kier molecular flexibility index (Phi) is 2.33. The number of hydrogen-bond acceptors (Lipinski definition) is 4. The number of nitrogens with one attached hydrogen (secondary N) is 1. The predicted octanol–water partition coefficient (Wildman–Crippen LogP) is 3.06. The molecule has 0 aliphatic rings. The third-order valence-corrected chi connectivity index (χ3v) is 4.13. The number of pyridine rings is 1. The number of nitrogens with zero attached hydrogens (tertiary/aromatic N) is 5. The van der Waals surface area contributed by atoms with E-state index in [4.69, 9.17) is 0 Å². The molecule has 0 atom stereocenters. The summed E-state index contributed by atoms with van der Waals surface area (Å²) in [6.45, 7) is 0. The summed E-state index contributed by atoms with van der Waals surface area (Å²) in [5.74, 6) is 0. The maximum Gasteiger partial charge on any atom is 0.139 e. The lowest BCUT2D eigenvalue weighted by atomic mass is 10.1. The molecule has 0 aliphatic heterocycles. The maximum absolute atomic E-state index is 4.49. The van der Waals surface area contributed by atoms with Crippen LogP contribution < -0.4 is 0 Å². The zero-order chi connectivity index (χ0) is 15.4. The Morgan fingerprint density at radius 3 is 2.74 bits per heavy atom. The van der Waals surface area contributed by atoms with Crippen molar-refractivity contribution in [2.45, 2.75) is 0 Å². The molecule has 5 aromatic rings. The first-order chi connectivity index (χ1) is 11.3. The molecule has 0 saturated heterocycles. The van der Waals surface area contributed by atoms with Crippen LogP contribution in [0, 0.1) is 0 Å². The molecule has 0 saturated carbocycles. The summed E-state index contributed by atoms with van der Waals surface area (Å²) in [5, 5.41) is 6.42. The van der Waals surface area contributed by atoms with Crippen molar-refractivity contribution < 1.29 is 0 Å². The molecule has 4 heterocycles. The number of hydrogen-bond donors (Lipinski definition) is 1. The minimum Gasteiger partial charge on any atom is -0.339 e. The molecule has 0 fully saturated rings. The van der Waals surface area contributed by atoms with Gasteiger partial charge >= 0.3 is 0 Å². The van der Waals surface area contributed by atoms with Crippen molar-refractivity contribution in [2.24, 2.45) is 7.05 Å². The van der Waals surface area contributed by atoms with E-state index < -0.39 is 0 Å². The number of aromatic nitrogens is 6. The molecule has 0 amide bonds. The summed E-state index contributed by atoms with van der Waals surface area (Å²) in [6, 6.07) is 8.18. The molecule has 4 aromatic heterocycles. The second-order valence-corrected chi connectivity index (χ2v) is 5.54. The predicted molar refractivity (Wildman–Crippen MR) is 88.9 cm³/mol. The standard InChI is InChI=1S/C17H12N6/c1-23-16-11(9-21-23)8-20-17-12(16)7-14(22-17)10-2-3-13-15(6-10)19-5-4-18-13/h2-9H,1H3,(H,20,22). The van der Waals surface area contributed by atoms with Gasteiger partial charge in [-0.3, -0.25) is 14.6 Å². The normalized spacial score (nSPS) is 11.7. The first-order valence-electron chi connectivity index (χ1n) is 7.30. The summed E-state index contributed by atoms with van der Waals surface area (Å²) in [6.07, 6.45) is 7.09. The van der Waals surface area contributed by atoms with Crippen molar-refractivity contribution in [1.82, 2.24) is 29.7 Å². The molecule has 0 spiro atoms. The van der Waals surface area contributed by atoms with Gasteiger partial charge in [-0.1, -0.05) is 6.07 Å². The molecule has 5 rings (SSSR count). The first kappa shape index (κ1) is 12.3. The average Bonchev–Trinajstić information content (AvgIpc) is 3.18. The van der Waals surface area contributed by atoms with Gasteiger partial charge in [-0.25, -0.2) is 4.98 Å². The molecular weight excluding hydrogens is 288 g/mol. The van der Waals surface area contributed by atoms with Gasteiger partial charge in [0.2, 0.25) is 0 Å². The summed E-state index contributed by atoms with van der Waals surface area (Å²) in [5.41, 5.74) is 5.77. The number of aryl methyl sites for hydroxylation is 1. The first-order valence-corrected chi connectivity index (χ1v) is 7.30. The molecule has 0 unspecified atom stereocenters. The smallest absolute Gasteiger partial charge is 0.139 e. The third kappa shape index (κ3) is 1.75. The van der Waals surface area contributed by atoms with Gasteiger partial charge < -0.3 is 4.98 Å². The van der Waals surface area contributed by atoms with Gasteiger partial charge in [0.25, 0.3) is 0 Å². The van der Waals surface area contributed by atoms with E-state index in [1.54, 1.807) is 12.4 Å². The second-order valence-electron chi connectivity index (χ2n) is 5.54. The van der Waals surface area contributed by atoms with Crippen LogP contribution in [0.1, 0.15) is 0 Å². The van der Waals surface area contributed by atoms with Gasteiger partial charge in [0.1, 0.15) is 5.65 Å². The molecule has 1 N–H and O–H groups in total. The quantitative estimate of drug-likeness (QED) is 0.516. The number of fused-ring (bicyclic) bond motifs is 4. The monoisotopic (exact) mass is 300 g/mol. The Labute approximate surface area is 130 Å². The van der Waals surface area contributed by atoms with Crippen LogP contribution in [0.3, 0.4) is 0 Å².